The standard InChI is InChI=1S/C16H18N2S/c1-12-6-7-13(10-18-12)9-17-11-15-8-14-4-2-3-5-16(14)19-15/h2-7,10,15,17H,8-9,11H2,1H3. The van der Waals surface area contributed by atoms with Gasteiger partial charge in [0, 0.05) is 35.1 Å². The molecule has 19 heavy (non-hydrogen) atoms. The van der Waals surface area contributed by atoms with Gasteiger partial charge in [-0.3, -0.25) is 4.98 Å². The maximum absolute atomic E-state index is 4.32. The lowest BCUT2D eigenvalue weighted by Crippen LogP contribution is -2.24. The van der Waals surface area contributed by atoms with Gasteiger partial charge in [-0.1, -0.05) is 24.3 Å². The van der Waals surface area contributed by atoms with Gasteiger partial charge in [0.25, 0.3) is 0 Å². The average molecular weight is 270 g/mol. The van der Waals surface area contributed by atoms with Crippen LogP contribution in [-0.2, 0) is 13.0 Å². The molecular formula is C16H18N2S. The van der Waals surface area contributed by atoms with Crippen molar-refractivity contribution in [1.82, 2.24) is 10.3 Å². The van der Waals surface area contributed by atoms with Crippen molar-refractivity contribution in [2.75, 3.05) is 6.54 Å². The van der Waals surface area contributed by atoms with Crippen molar-refractivity contribution in [2.45, 2.75) is 30.0 Å². The highest BCUT2D eigenvalue weighted by molar-refractivity contribution is 8.00. The number of hydrogen-bond acceptors (Lipinski definition) is 3. The van der Waals surface area contributed by atoms with Crippen LogP contribution in [0.4, 0.5) is 0 Å². The summed E-state index contributed by atoms with van der Waals surface area (Å²) in [6, 6.07) is 12.9. The van der Waals surface area contributed by atoms with Crippen molar-refractivity contribution in [2.24, 2.45) is 0 Å². The fourth-order valence-corrected chi connectivity index (χ4v) is 3.63. The highest BCUT2D eigenvalue weighted by atomic mass is 32.2. The Morgan fingerprint density at radius 1 is 1.26 bits per heavy atom. The monoisotopic (exact) mass is 270 g/mol. The van der Waals surface area contributed by atoms with Gasteiger partial charge < -0.3 is 5.32 Å². The second-order valence-corrected chi connectivity index (χ2v) is 6.33. The second kappa shape index (κ2) is 5.76. The smallest absolute Gasteiger partial charge is 0.0372 e. The van der Waals surface area contributed by atoms with E-state index in [-0.39, 0.29) is 0 Å². The number of nitrogens with zero attached hydrogens (tertiary/aromatic N) is 1. The number of pyridine rings is 1. The number of rotatable bonds is 4. The molecule has 0 aliphatic carbocycles. The van der Waals surface area contributed by atoms with Gasteiger partial charge in [-0.2, -0.15) is 0 Å². The number of fused-ring (bicyclic) bond motifs is 1. The van der Waals surface area contributed by atoms with E-state index in [0.717, 1.165) is 18.8 Å². The fourth-order valence-electron chi connectivity index (χ4n) is 2.35. The molecule has 0 bridgehead atoms. The highest BCUT2D eigenvalue weighted by Crippen LogP contribution is 2.36. The molecule has 0 amide bonds. The summed E-state index contributed by atoms with van der Waals surface area (Å²) >= 11 is 2.00. The summed E-state index contributed by atoms with van der Waals surface area (Å²) in [5.41, 5.74) is 3.83. The first kappa shape index (κ1) is 12.7. The van der Waals surface area contributed by atoms with E-state index in [1.165, 1.54) is 22.4 Å². The molecule has 0 fully saturated rings. The molecule has 98 valence electrons. The number of aryl methyl sites for hydroxylation is 1. The van der Waals surface area contributed by atoms with Gasteiger partial charge in [0.2, 0.25) is 0 Å². The quantitative estimate of drug-likeness (QED) is 0.923. The molecule has 1 N–H and O–H groups in total. The lowest BCUT2D eigenvalue weighted by molar-refractivity contribution is 0.663. The zero-order valence-corrected chi connectivity index (χ0v) is 11.9. The Balaban J connectivity index is 1.48. The molecule has 2 heterocycles. The zero-order chi connectivity index (χ0) is 13.1. The Hall–Kier alpha value is -1.32. The Kier molecular flexibility index (Phi) is 3.85. The predicted molar refractivity (Wildman–Crippen MR) is 80.5 cm³/mol. The molecule has 3 rings (SSSR count). The van der Waals surface area contributed by atoms with Crippen LogP contribution in [0, 0.1) is 6.92 Å². The Morgan fingerprint density at radius 2 is 2.16 bits per heavy atom. The summed E-state index contributed by atoms with van der Waals surface area (Å²) in [6.45, 7) is 3.97. The van der Waals surface area contributed by atoms with Gasteiger partial charge in [0.1, 0.15) is 0 Å². The third-order valence-electron chi connectivity index (χ3n) is 3.39. The summed E-state index contributed by atoms with van der Waals surface area (Å²) in [7, 11) is 0. The van der Waals surface area contributed by atoms with E-state index in [2.05, 4.69) is 46.7 Å². The van der Waals surface area contributed by atoms with E-state index in [1.54, 1.807) is 0 Å². The molecular weight excluding hydrogens is 252 g/mol. The van der Waals surface area contributed by atoms with Crippen LogP contribution >= 0.6 is 11.8 Å². The number of benzene rings is 1. The molecule has 3 heteroatoms. The summed E-state index contributed by atoms with van der Waals surface area (Å²) in [6.07, 6.45) is 3.14. The van der Waals surface area contributed by atoms with Gasteiger partial charge in [0.15, 0.2) is 0 Å². The molecule has 1 atom stereocenters. The third-order valence-corrected chi connectivity index (χ3v) is 4.71. The molecule has 2 nitrogen and oxygen atoms in total. The summed E-state index contributed by atoms with van der Waals surface area (Å²) < 4.78 is 0. The van der Waals surface area contributed by atoms with Crippen LogP contribution in [-0.4, -0.2) is 16.8 Å². The molecule has 1 unspecified atom stereocenters. The minimum absolute atomic E-state index is 0.663. The molecule has 1 aromatic carbocycles. The predicted octanol–water partition coefficient (Wildman–Crippen LogP) is 3.20. The topological polar surface area (TPSA) is 24.9 Å². The van der Waals surface area contributed by atoms with Crippen LogP contribution in [0.1, 0.15) is 16.8 Å². The van der Waals surface area contributed by atoms with Crippen molar-refractivity contribution in [3.05, 3.63) is 59.4 Å². The van der Waals surface area contributed by atoms with Gasteiger partial charge in [0.05, 0.1) is 0 Å². The Bertz CT molecular complexity index is 526. The SMILES string of the molecule is Cc1ccc(CNCC2Cc3ccccc3S2)cn1. The molecule has 0 radical (unpaired) electrons. The van der Waals surface area contributed by atoms with Gasteiger partial charge in [-0.15, -0.1) is 11.8 Å². The van der Waals surface area contributed by atoms with Gasteiger partial charge in [-0.05, 0) is 36.6 Å². The highest BCUT2D eigenvalue weighted by Gasteiger charge is 2.20. The first-order valence-electron chi connectivity index (χ1n) is 6.68. The van der Waals surface area contributed by atoms with E-state index in [4.69, 9.17) is 0 Å². The minimum Gasteiger partial charge on any atom is -0.311 e. The van der Waals surface area contributed by atoms with Crippen molar-refractivity contribution in [3.63, 3.8) is 0 Å². The maximum atomic E-state index is 4.32. The first-order chi connectivity index (χ1) is 9.31. The molecule has 1 aliphatic rings. The van der Waals surface area contributed by atoms with Gasteiger partial charge >= 0.3 is 0 Å². The Labute approximate surface area is 118 Å². The molecule has 0 saturated heterocycles. The fraction of sp³-hybridized carbons (Fsp3) is 0.312. The third kappa shape index (κ3) is 3.17. The Morgan fingerprint density at radius 3 is 2.95 bits per heavy atom. The summed E-state index contributed by atoms with van der Waals surface area (Å²) in [5.74, 6) is 0. The van der Waals surface area contributed by atoms with E-state index in [0.29, 0.717) is 5.25 Å². The molecule has 1 aromatic heterocycles. The van der Waals surface area contributed by atoms with Crippen LogP contribution in [0.5, 0.6) is 0 Å². The maximum Gasteiger partial charge on any atom is 0.0372 e. The van der Waals surface area contributed by atoms with Crippen molar-refractivity contribution in [3.8, 4) is 0 Å². The number of nitrogens with one attached hydrogen (secondary N) is 1. The molecule has 2 aromatic rings. The van der Waals surface area contributed by atoms with Crippen molar-refractivity contribution >= 4 is 11.8 Å². The summed E-state index contributed by atoms with van der Waals surface area (Å²) in [4.78, 5) is 5.77. The molecule has 0 spiro atoms. The lowest BCUT2D eigenvalue weighted by Gasteiger charge is -2.10. The lowest BCUT2D eigenvalue weighted by atomic mass is 10.1. The van der Waals surface area contributed by atoms with Crippen LogP contribution in [0.2, 0.25) is 0 Å². The van der Waals surface area contributed by atoms with E-state index < -0.39 is 0 Å². The van der Waals surface area contributed by atoms with E-state index in [9.17, 15) is 0 Å². The summed E-state index contributed by atoms with van der Waals surface area (Å²) in [5, 5.41) is 4.20. The average Bonchev–Trinajstić information content (AvgIpc) is 2.83. The van der Waals surface area contributed by atoms with E-state index in [1.807, 2.05) is 24.9 Å². The molecule has 1 aliphatic heterocycles. The van der Waals surface area contributed by atoms with E-state index >= 15 is 0 Å². The second-order valence-electron chi connectivity index (χ2n) is 4.99. The van der Waals surface area contributed by atoms with Crippen LogP contribution in [0.25, 0.3) is 0 Å². The van der Waals surface area contributed by atoms with Crippen molar-refractivity contribution < 1.29 is 0 Å². The van der Waals surface area contributed by atoms with Crippen LogP contribution < -0.4 is 5.32 Å². The molecule has 0 saturated carbocycles. The number of hydrogen-bond donors (Lipinski definition) is 1. The minimum atomic E-state index is 0.663. The van der Waals surface area contributed by atoms with Crippen molar-refractivity contribution in [1.29, 1.82) is 0 Å². The number of thioether (sulfide) groups is 1. The first-order valence-corrected chi connectivity index (χ1v) is 7.56. The largest absolute Gasteiger partial charge is 0.311 e. The van der Waals surface area contributed by atoms with Crippen LogP contribution in [0.15, 0.2) is 47.5 Å². The number of aromatic nitrogens is 1. The van der Waals surface area contributed by atoms with Crippen LogP contribution in [0.3, 0.4) is 0 Å². The normalized spacial score (nSPS) is 17.4. The zero-order valence-electron chi connectivity index (χ0n) is 11.1. The van der Waals surface area contributed by atoms with Gasteiger partial charge in [-0.25, -0.2) is 0 Å².